The molecule has 5 rings (SSSR count). The Morgan fingerprint density at radius 1 is 0.824 bits per heavy atom. The highest BCUT2D eigenvalue weighted by atomic mass is 32.1. The number of amides is 3. The molecule has 0 atom stereocenters. The van der Waals surface area contributed by atoms with Gasteiger partial charge in [-0.25, -0.2) is 10.2 Å². The number of nitrogens with one attached hydrogen (secondary N) is 3. The third-order valence-corrected chi connectivity index (χ3v) is 5.78. The van der Waals surface area contributed by atoms with Crippen LogP contribution in [-0.2, 0) is 0 Å². The van der Waals surface area contributed by atoms with Gasteiger partial charge in [-0.15, -0.1) is 5.10 Å². The molecular formula is C25H18N6O2S. The average Bonchev–Trinajstić information content (AvgIpc) is 3.32. The van der Waals surface area contributed by atoms with E-state index in [9.17, 15) is 9.59 Å². The highest BCUT2D eigenvalue weighted by molar-refractivity contribution is 7.10. The number of nitrogens with zero attached hydrogens (tertiary/aromatic N) is 3. The molecular weight excluding hydrogens is 448 g/mol. The van der Waals surface area contributed by atoms with Crippen LogP contribution in [0.4, 0.5) is 15.5 Å². The van der Waals surface area contributed by atoms with Crippen LogP contribution in [0.2, 0.25) is 0 Å². The Bertz CT molecular complexity index is 1480. The third kappa shape index (κ3) is 4.45. The summed E-state index contributed by atoms with van der Waals surface area (Å²) >= 11 is 0.905. The fourth-order valence-electron chi connectivity index (χ4n) is 3.60. The second-order valence-electron chi connectivity index (χ2n) is 7.33. The summed E-state index contributed by atoms with van der Waals surface area (Å²) in [5.41, 5.74) is 3.98. The monoisotopic (exact) mass is 466 g/mol. The van der Waals surface area contributed by atoms with Gasteiger partial charge in [0.05, 0.1) is 6.21 Å². The molecule has 1 heterocycles. The lowest BCUT2D eigenvalue weighted by molar-refractivity contribution is 0.0951. The van der Waals surface area contributed by atoms with Crippen molar-refractivity contribution in [3.05, 3.63) is 96.2 Å². The molecule has 0 spiro atoms. The molecule has 0 aliphatic heterocycles. The van der Waals surface area contributed by atoms with Gasteiger partial charge >= 0.3 is 6.03 Å². The van der Waals surface area contributed by atoms with Gasteiger partial charge in [-0.1, -0.05) is 71.2 Å². The van der Waals surface area contributed by atoms with Gasteiger partial charge < -0.3 is 5.32 Å². The van der Waals surface area contributed by atoms with Gasteiger partial charge in [-0.2, -0.15) is 5.10 Å². The van der Waals surface area contributed by atoms with Gasteiger partial charge in [0.2, 0.25) is 0 Å². The number of carbonyl (C=O) groups is 2. The van der Waals surface area contributed by atoms with Crippen molar-refractivity contribution in [3.8, 4) is 0 Å². The smallest absolute Gasteiger partial charge is 0.308 e. The highest BCUT2D eigenvalue weighted by Crippen LogP contribution is 2.27. The van der Waals surface area contributed by atoms with E-state index in [2.05, 4.69) is 36.8 Å². The van der Waals surface area contributed by atoms with Gasteiger partial charge in [0.25, 0.3) is 5.91 Å². The van der Waals surface area contributed by atoms with Crippen molar-refractivity contribution in [2.75, 3.05) is 10.6 Å². The van der Waals surface area contributed by atoms with E-state index in [0.29, 0.717) is 5.69 Å². The van der Waals surface area contributed by atoms with E-state index in [-0.39, 0.29) is 10.7 Å². The Kier molecular flexibility index (Phi) is 5.91. The molecule has 9 heteroatoms. The lowest BCUT2D eigenvalue weighted by Gasteiger charge is -2.08. The van der Waals surface area contributed by atoms with E-state index in [1.807, 2.05) is 54.6 Å². The Morgan fingerprint density at radius 3 is 2.18 bits per heavy atom. The summed E-state index contributed by atoms with van der Waals surface area (Å²) in [4.78, 5) is 25.0. The first-order valence-electron chi connectivity index (χ1n) is 10.4. The second-order valence-corrected chi connectivity index (χ2v) is 8.08. The number of fused-ring (bicyclic) bond motifs is 2. The standard InChI is InChI=1S/C25H18N6O2S/c32-23(22-24(34-31-29-22)28-25(33)27-18-10-2-1-3-11-18)30-26-15-21-19-12-6-4-8-16(19)14-17-9-5-7-13-20(17)21/h1-15H,(H,30,32)(H2,27,28,33)/b26-15+. The van der Waals surface area contributed by atoms with Crippen LogP contribution in [-0.4, -0.2) is 27.7 Å². The SMILES string of the molecule is O=C(Nc1ccccc1)Nc1snnc1C(=O)N/N=C/c1c2ccccc2cc2ccccc12. The summed E-state index contributed by atoms with van der Waals surface area (Å²) in [6, 6.07) is 26.6. The molecule has 34 heavy (non-hydrogen) atoms. The molecule has 0 fully saturated rings. The quantitative estimate of drug-likeness (QED) is 0.187. The molecule has 0 aliphatic carbocycles. The maximum absolute atomic E-state index is 12.7. The zero-order valence-corrected chi connectivity index (χ0v) is 18.5. The van der Waals surface area contributed by atoms with E-state index in [1.165, 1.54) is 0 Å². The second kappa shape index (κ2) is 9.47. The molecule has 0 bridgehead atoms. The van der Waals surface area contributed by atoms with Crippen molar-refractivity contribution in [1.29, 1.82) is 0 Å². The Hall–Kier alpha value is -4.63. The Balaban J connectivity index is 1.34. The summed E-state index contributed by atoms with van der Waals surface area (Å²) in [5.74, 6) is -0.579. The van der Waals surface area contributed by atoms with Gasteiger partial charge in [0.15, 0.2) is 10.7 Å². The number of rotatable bonds is 5. The van der Waals surface area contributed by atoms with Crippen LogP contribution < -0.4 is 16.1 Å². The topological polar surface area (TPSA) is 108 Å². The summed E-state index contributed by atoms with van der Waals surface area (Å²) < 4.78 is 3.79. The molecule has 4 aromatic carbocycles. The highest BCUT2D eigenvalue weighted by Gasteiger charge is 2.18. The summed E-state index contributed by atoms with van der Waals surface area (Å²) in [5, 5.41) is 17.7. The van der Waals surface area contributed by atoms with Crippen LogP contribution in [0.1, 0.15) is 16.1 Å². The van der Waals surface area contributed by atoms with E-state index >= 15 is 0 Å². The maximum Gasteiger partial charge on any atom is 0.324 e. The lowest BCUT2D eigenvalue weighted by Crippen LogP contribution is -2.23. The number of aromatic nitrogens is 2. The third-order valence-electron chi connectivity index (χ3n) is 5.13. The molecule has 0 saturated heterocycles. The number of benzene rings is 4. The van der Waals surface area contributed by atoms with Crippen LogP contribution in [0, 0.1) is 0 Å². The van der Waals surface area contributed by atoms with Crippen LogP contribution in [0.3, 0.4) is 0 Å². The van der Waals surface area contributed by atoms with Crippen molar-refractivity contribution in [3.63, 3.8) is 0 Å². The predicted octanol–water partition coefficient (Wildman–Crippen LogP) is 5.25. The molecule has 3 N–H and O–H groups in total. The molecule has 0 saturated carbocycles. The van der Waals surface area contributed by atoms with Crippen molar-refractivity contribution in [2.45, 2.75) is 0 Å². The van der Waals surface area contributed by atoms with Gasteiger partial charge in [0.1, 0.15) is 0 Å². The van der Waals surface area contributed by atoms with E-state index in [1.54, 1.807) is 30.5 Å². The fraction of sp³-hybridized carbons (Fsp3) is 0. The average molecular weight is 467 g/mol. The summed E-state index contributed by atoms with van der Waals surface area (Å²) in [7, 11) is 0. The number of anilines is 2. The number of urea groups is 1. The predicted molar refractivity (Wildman–Crippen MR) is 136 cm³/mol. The fourth-order valence-corrected chi connectivity index (χ4v) is 4.17. The molecule has 0 aliphatic rings. The first-order chi connectivity index (χ1) is 16.7. The minimum atomic E-state index is -0.579. The molecule has 0 unspecified atom stereocenters. The molecule has 8 nitrogen and oxygen atoms in total. The van der Waals surface area contributed by atoms with Crippen molar-refractivity contribution >= 4 is 61.9 Å². The Labute approximate surface area is 198 Å². The van der Waals surface area contributed by atoms with Crippen LogP contribution >= 0.6 is 11.5 Å². The summed E-state index contributed by atoms with van der Waals surface area (Å²) in [6.45, 7) is 0. The molecule has 3 amide bonds. The molecule has 1 aromatic heterocycles. The van der Waals surface area contributed by atoms with Gasteiger partial charge in [0, 0.05) is 22.8 Å². The van der Waals surface area contributed by atoms with Crippen molar-refractivity contribution in [1.82, 2.24) is 15.0 Å². The largest absolute Gasteiger partial charge is 0.324 e. The zero-order chi connectivity index (χ0) is 23.3. The molecule has 0 radical (unpaired) electrons. The van der Waals surface area contributed by atoms with Crippen LogP contribution in [0.25, 0.3) is 21.5 Å². The maximum atomic E-state index is 12.7. The first-order valence-corrected chi connectivity index (χ1v) is 11.2. The lowest BCUT2D eigenvalue weighted by atomic mass is 9.97. The zero-order valence-electron chi connectivity index (χ0n) is 17.7. The molecule has 5 aromatic rings. The normalized spacial score (nSPS) is 11.1. The van der Waals surface area contributed by atoms with Crippen LogP contribution in [0.5, 0.6) is 0 Å². The number of carbonyl (C=O) groups excluding carboxylic acids is 2. The van der Waals surface area contributed by atoms with Gasteiger partial charge in [-0.05, 0) is 39.7 Å². The van der Waals surface area contributed by atoms with Crippen LogP contribution in [0.15, 0.2) is 90.0 Å². The number of hydrogen-bond acceptors (Lipinski definition) is 6. The summed E-state index contributed by atoms with van der Waals surface area (Å²) in [6.07, 6.45) is 1.62. The number of hydrogen-bond donors (Lipinski definition) is 3. The van der Waals surface area contributed by atoms with E-state index in [4.69, 9.17) is 0 Å². The first kappa shape index (κ1) is 21.2. The Morgan fingerprint density at radius 2 is 1.47 bits per heavy atom. The minimum Gasteiger partial charge on any atom is -0.308 e. The van der Waals surface area contributed by atoms with Crippen molar-refractivity contribution in [2.24, 2.45) is 5.10 Å². The van der Waals surface area contributed by atoms with Gasteiger partial charge in [-0.3, -0.25) is 10.1 Å². The minimum absolute atomic E-state index is 0.0202. The van der Waals surface area contributed by atoms with E-state index < -0.39 is 11.9 Å². The molecule has 166 valence electrons. The number of hydrazone groups is 1. The number of para-hydroxylation sites is 1. The van der Waals surface area contributed by atoms with E-state index in [0.717, 1.165) is 38.6 Å². The van der Waals surface area contributed by atoms with Crippen molar-refractivity contribution < 1.29 is 9.59 Å².